The normalized spacial score (nSPS) is 36.0. The van der Waals surface area contributed by atoms with Crippen molar-refractivity contribution in [3.63, 3.8) is 0 Å². The lowest BCUT2D eigenvalue weighted by Gasteiger charge is -2.44. The van der Waals surface area contributed by atoms with E-state index in [1.807, 2.05) is 0 Å². The van der Waals surface area contributed by atoms with Crippen LogP contribution in [0.3, 0.4) is 0 Å². The molecule has 0 aromatic rings. The second-order valence-corrected chi connectivity index (χ2v) is 6.07. The summed E-state index contributed by atoms with van der Waals surface area (Å²) in [5.41, 5.74) is 0. The Morgan fingerprint density at radius 3 is 1.95 bits per heavy atom. The molecule has 1 heterocycles. The zero-order chi connectivity index (χ0) is 15.7. The molecule has 1 fully saturated rings. The zero-order valence-electron chi connectivity index (χ0n) is 9.50. The van der Waals surface area contributed by atoms with Crippen molar-refractivity contribution in [3.8, 4) is 0 Å². The van der Waals surface area contributed by atoms with E-state index in [2.05, 4.69) is 13.8 Å². The Labute approximate surface area is 112 Å². The number of aliphatic hydroxyl groups is 3. The molecule has 0 unspecified atom stereocenters. The molecule has 1 aliphatic heterocycles. The van der Waals surface area contributed by atoms with E-state index in [0.717, 1.165) is 0 Å². The molecule has 1 rings (SSSR count). The van der Waals surface area contributed by atoms with Crippen LogP contribution < -0.4 is 19.6 Å². The van der Waals surface area contributed by atoms with Gasteiger partial charge in [0.2, 0.25) is 0 Å². The predicted octanol–water partition coefficient (Wildman–Crippen LogP) is -5.52. The molecular weight excluding hydrogens is 326 g/mol. The molecule has 120 valence electrons. The van der Waals surface area contributed by atoms with Gasteiger partial charge in [-0.05, 0) is 0 Å². The van der Waals surface area contributed by atoms with E-state index in [1.54, 1.807) is 0 Å². The highest BCUT2D eigenvalue weighted by molar-refractivity contribution is 7.43. The van der Waals surface area contributed by atoms with Crippen LogP contribution in [0.4, 0.5) is 0 Å². The average molecular weight is 336 g/mol. The molecule has 0 aromatic heterocycles. The highest BCUT2D eigenvalue weighted by Crippen LogP contribution is 2.34. The number of hydrogen-bond donors (Lipinski definition) is 3. The van der Waals surface area contributed by atoms with Crippen molar-refractivity contribution in [1.29, 1.82) is 0 Å². The maximum atomic E-state index is 10.4. The number of aliphatic hydroxyl groups excluding tert-OH is 3. The molecule has 0 amide bonds. The van der Waals surface area contributed by atoms with Crippen molar-refractivity contribution in [2.75, 3.05) is 6.61 Å². The highest BCUT2D eigenvalue weighted by Gasteiger charge is 2.44. The predicted molar refractivity (Wildman–Crippen MR) is 48.9 cm³/mol. The SMILES string of the molecule is O=P([O-])([O-])OC[C@H]1O[C@H](OP(=O)([O-])[O-])[C@H](O)[C@@H](O)[C@@H]1O. The third-order valence-electron chi connectivity index (χ3n) is 2.30. The molecule has 20 heavy (non-hydrogen) atoms. The second kappa shape index (κ2) is 6.44. The minimum atomic E-state index is -5.59. The summed E-state index contributed by atoms with van der Waals surface area (Å²) < 4.78 is 32.8. The van der Waals surface area contributed by atoms with Gasteiger partial charge in [0, 0.05) is 0 Å². The van der Waals surface area contributed by atoms with Crippen LogP contribution in [0.15, 0.2) is 0 Å². The number of phosphoric ester groups is 2. The first-order valence-electron chi connectivity index (χ1n) is 4.97. The minimum Gasteiger partial charge on any atom is -0.790 e. The molecule has 5 atom stereocenters. The third kappa shape index (κ3) is 5.45. The molecule has 0 saturated carbocycles. The molecule has 0 aliphatic carbocycles. The van der Waals surface area contributed by atoms with Crippen LogP contribution in [0.5, 0.6) is 0 Å². The third-order valence-corrected chi connectivity index (χ3v) is 3.23. The van der Waals surface area contributed by atoms with Gasteiger partial charge in [-0.15, -0.1) is 0 Å². The first kappa shape index (κ1) is 18.1. The lowest BCUT2D eigenvalue weighted by atomic mass is 10.00. The minimum absolute atomic E-state index is 1.07. The van der Waals surface area contributed by atoms with Gasteiger partial charge in [-0.2, -0.15) is 0 Å². The summed E-state index contributed by atoms with van der Waals surface area (Å²) in [4.78, 5) is 41.3. The lowest BCUT2D eigenvalue weighted by Crippen LogP contribution is -2.59. The zero-order valence-corrected chi connectivity index (χ0v) is 11.3. The number of phosphoric acid groups is 2. The molecule has 3 N–H and O–H groups in total. The molecule has 0 radical (unpaired) electrons. The van der Waals surface area contributed by atoms with Gasteiger partial charge in [0.1, 0.15) is 24.4 Å². The Bertz CT molecular complexity index is 412. The summed E-state index contributed by atoms with van der Waals surface area (Å²) in [6, 6.07) is 0. The van der Waals surface area contributed by atoms with Gasteiger partial charge in [0.25, 0.3) is 0 Å². The van der Waals surface area contributed by atoms with E-state index in [4.69, 9.17) is 0 Å². The maximum absolute atomic E-state index is 10.4. The fourth-order valence-corrected chi connectivity index (χ4v) is 2.19. The van der Waals surface area contributed by atoms with E-state index < -0.39 is 53.0 Å². The highest BCUT2D eigenvalue weighted by atomic mass is 31.2. The summed E-state index contributed by atoms with van der Waals surface area (Å²) in [7, 11) is -11.0. The van der Waals surface area contributed by atoms with Crippen molar-refractivity contribution < 1.29 is 57.8 Å². The van der Waals surface area contributed by atoms with Gasteiger partial charge in [0.05, 0.1) is 22.3 Å². The van der Waals surface area contributed by atoms with Gasteiger partial charge in [0.15, 0.2) is 6.29 Å². The lowest BCUT2D eigenvalue weighted by molar-refractivity contribution is -0.371. The molecule has 0 bridgehead atoms. The van der Waals surface area contributed by atoms with Crippen LogP contribution in [0.25, 0.3) is 0 Å². The topological polar surface area (TPSA) is 215 Å². The van der Waals surface area contributed by atoms with E-state index >= 15 is 0 Å². The van der Waals surface area contributed by atoms with Crippen LogP contribution in [-0.4, -0.2) is 52.6 Å². The summed E-state index contributed by atoms with van der Waals surface area (Å²) in [5, 5.41) is 28.1. The first-order chi connectivity index (χ1) is 8.91. The van der Waals surface area contributed by atoms with Crippen LogP contribution in [-0.2, 0) is 22.9 Å². The standard InChI is InChI=1S/C6H14O12P2/c7-3-2(1-16-19(10,11)12)17-6(5(9)4(3)8)18-20(13,14)15/h2-9H,1H2,(H2,10,11,12)(H2,13,14,15)/p-4/t2-,3-,4+,5-,6-/m1/s1. The second-order valence-electron chi connectivity index (χ2n) is 3.81. The Morgan fingerprint density at radius 1 is 0.950 bits per heavy atom. The quantitative estimate of drug-likeness (QED) is 0.401. The maximum Gasteiger partial charge on any atom is 0.191 e. The molecule has 1 saturated heterocycles. The Morgan fingerprint density at radius 2 is 1.50 bits per heavy atom. The van der Waals surface area contributed by atoms with Gasteiger partial charge in [-0.1, -0.05) is 0 Å². The summed E-state index contributed by atoms with van der Waals surface area (Å²) in [6.45, 7) is -1.07. The smallest absolute Gasteiger partial charge is 0.191 e. The number of rotatable bonds is 5. The largest absolute Gasteiger partial charge is 0.790 e. The Hall–Kier alpha value is 0.0600. The van der Waals surface area contributed by atoms with Crippen molar-refractivity contribution in [1.82, 2.24) is 0 Å². The van der Waals surface area contributed by atoms with Crippen LogP contribution >= 0.6 is 15.6 Å². The van der Waals surface area contributed by atoms with Crippen molar-refractivity contribution >= 4 is 15.6 Å². The van der Waals surface area contributed by atoms with E-state index in [9.17, 15) is 44.0 Å². The van der Waals surface area contributed by atoms with Gasteiger partial charge in [-0.3, -0.25) is 0 Å². The van der Waals surface area contributed by atoms with Gasteiger partial charge in [-0.25, -0.2) is 0 Å². The van der Waals surface area contributed by atoms with Crippen LogP contribution in [0.1, 0.15) is 0 Å². The Balaban J connectivity index is 2.76. The van der Waals surface area contributed by atoms with E-state index in [0.29, 0.717) is 0 Å². The van der Waals surface area contributed by atoms with Crippen LogP contribution in [0, 0.1) is 0 Å². The van der Waals surface area contributed by atoms with E-state index in [-0.39, 0.29) is 0 Å². The summed E-state index contributed by atoms with van der Waals surface area (Å²) in [5.74, 6) is 0. The number of hydrogen-bond acceptors (Lipinski definition) is 12. The molecular formula is C6H10O12P2-4. The van der Waals surface area contributed by atoms with Gasteiger partial charge < -0.3 is 57.8 Å². The van der Waals surface area contributed by atoms with Crippen molar-refractivity contribution in [3.05, 3.63) is 0 Å². The fraction of sp³-hybridized carbons (Fsp3) is 1.00. The van der Waals surface area contributed by atoms with Crippen molar-refractivity contribution in [2.45, 2.75) is 30.7 Å². The number of ether oxygens (including phenoxy) is 1. The summed E-state index contributed by atoms with van der Waals surface area (Å²) in [6.07, 6.45) is -9.92. The molecule has 1 aliphatic rings. The Kier molecular flexibility index (Phi) is 5.83. The summed E-state index contributed by atoms with van der Waals surface area (Å²) >= 11 is 0. The molecule has 0 aromatic carbocycles. The monoisotopic (exact) mass is 336 g/mol. The molecule has 14 heteroatoms. The first-order valence-corrected chi connectivity index (χ1v) is 7.89. The molecule has 12 nitrogen and oxygen atoms in total. The fourth-order valence-electron chi connectivity index (χ4n) is 1.43. The van der Waals surface area contributed by atoms with E-state index in [1.165, 1.54) is 0 Å². The average Bonchev–Trinajstić information content (AvgIpc) is 2.25. The van der Waals surface area contributed by atoms with Gasteiger partial charge >= 0.3 is 0 Å². The van der Waals surface area contributed by atoms with Crippen molar-refractivity contribution in [2.24, 2.45) is 0 Å². The van der Waals surface area contributed by atoms with Crippen LogP contribution in [0.2, 0.25) is 0 Å². The molecule has 0 spiro atoms.